The van der Waals surface area contributed by atoms with Crippen LogP contribution in [0.15, 0.2) is 91.5 Å². The fraction of sp³-hybridized carbons (Fsp3) is 0.0833. The molecule has 4 nitrogen and oxygen atoms in total. The largest absolute Gasteiger partial charge is 0.348 e. The minimum atomic E-state index is -0.240. The molecule has 0 aliphatic rings. The topological polar surface area (TPSA) is 58.2 Å². The van der Waals surface area contributed by atoms with E-state index < -0.39 is 0 Å². The number of benzene rings is 3. The summed E-state index contributed by atoms with van der Waals surface area (Å²) < 4.78 is 0. The summed E-state index contributed by atoms with van der Waals surface area (Å²) in [5.74, 6) is -0.345. The van der Waals surface area contributed by atoms with Gasteiger partial charge in [-0.2, -0.15) is 0 Å². The zero-order chi connectivity index (χ0) is 19.8. The second kappa shape index (κ2) is 9.33. The van der Waals surface area contributed by atoms with Crippen LogP contribution >= 0.6 is 0 Å². The summed E-state index contributed by atoms with van der Waals surface area (Å²) in [5, 5.41) is 5.77. The van der Waals surface area contributed by atoms with Crippen molar-refractivity contribution in [3.05, 3.63) is 103 Å². The van der Waals surface area contributed by atoms with E-state index >= 15 is 0 Å². The first-order valence-corrected chi connectivity index (χ1v) is 9.08. The Hall–Kier alpha value is -3.66. The molecule has 2 N–H and O–H groups in total. The van der Waals surface area contributed by atoms with Crippen LogP contribution in [0, 0.1) is 0 Å². The molecule has 0 heterocycles. The van der Waals surface area contributed by atoms with Crippen molar-refractivity contribution < 1.29 is 9.59 Å². The molecule has 0 fully saturated rings. The molecule has 0 unspecified atom stereocenters. The van der Waals surface area contributed by atoms with Crippen LogP contribution in [0.4, 0.5) is 5.69 Å². The number of hydrogen-bond donors (Lipinski definition) is 2. The maximum Gasteiger partial charge on any atom is 0.243 e. The van der Waals surface area contributed by atoms with Gasteiger partial charge in [-0.15, -0.1) is 0 Å². The van der Waals surface area contributed by atoms with E-state index in [1.165, 1.54) is 6.08 Å². The molecule has 0 radical (unpaired) electrons. The summed E-state index contributed by atoms with van der Waals surface area (Å²) >= 11 is 0. The van der Waals surface area contributed by atoms with Crippen LogP contribution in [0.2, 0.25) is 0 Å². The minimum Gasteiger partial charge on any atom is -0.348 e. The number of carbonyl (C=O) groups excluding carboxylic acids is 2. The Labute approximate surface area is 164 Å². The summed E-state index contributed by atoms with van der Waals surface area (Å²) in [4.78, 5) is 24.1. The highest BCUT2D eigenvalue weighted by atomic mass is 16.2. The summed E-state index contributed by atoms with van der Waals surface area (Å²) in [5.41, 5.74) is 4.58. The molecule has 0 saturated carbocycles. The first-order valence-electron chi connectivity index (χ1n) is 9.08. The molecule has 0 aliphatic heterocycles. The molecule has 3 aromatic rings. The fourth-order valence-corrected chi connectivity index (χ4v) is 2.99. The van der Waals surface area contributed by atoms with Gasteiger partial charge in [-0.3, -0.25) is 9.59 Å². The molecule has 0 aromatic heterocycles. The quantitative estimate of drug-likeness (QED) is 0.608. The second-order valence-corrected chi connectivity index (χ2v) is 6.33. The molecule has 140 valence electrons. The van der Waals surface area contributed by atoms with Crippen molar-refractivity contribution in [1.82, 2.24) is 5.32 Å². The SMILES string of the molecule is C=CC(=O)NCc1ccccc1CC(=O)Nc1ccccc1-c1ccccc1. The van der Waals surface area contributed by atoms with Gasteiger partial charge in [0.2, 0.25) is 11.8 Å². The Morgan fingerprint density at radius 2 is 1.46 bits per heavy atom. The highest BCUT2D eigenvalue weighted by molar-refractivity contribution is 5.96. The van der Waals surface area contributed by atoms with Gasteiger partial charge in [0.05, 0.1) is 6.42 Å². The van der Waals surface area contributed by atoms with Crippen LogP contribution < -0.4 is 10.6 Å². The number of amides is 2. The Morgan fingerprint density at radius 1 is 0.821 bits per heavy atom. The molecule has 4 heteroatoms. The number of hydrogen-bond acceptors (Lipinski definition) is 2. The van der Waals surface area contributed by atoms with Gasteiger partial charge < -0.3 is 10.6 Å². The number of carbonyl (C=O) groups is 2. The summed E-state index contributed by atoms with van der Waals surface area (Å²) in [6.45, 7) is 3.80. The van der Waals surface area contributed by atoms with E-state index in [0.717, 1.165) is 27.9 Å². The van der Waals surface area contributed by atoms with Crippen LogP contribution in [0.3, 0.4) is 0 Å². The van der Waals surface area contributed by atoms with Crippen molar-refractivity contribution in [2.24, 2.45) is 0 Å². The van der Waals surface area contributed by atoms with Crippen molar-refractivity contribution in [3.63, 3.8) is 0 Å². The monoisotopic (exact) mass is 370 g/mol. The van der Waals surface area contributed by atoms with Gasteiger partial charge in [0.15, 0.2) is 0 Å². The molecular weight excluding hydrogens is 348 g/mol. The van der Waals surface area contributed by atoms with Crippen LogP contribution in [-0.4, -0.2) is 11.8 Å². The number of rotatable bonds is 7. The smallest absolute Gasteiger partial charge is 0.243 e. The summed E-state index contributed by atoms with van der Waals surface area (Å²) in [6, 6.07) is 25.3. The molecule has 0 atom stereocenters. The van der Waals surface area contributed by atoms with Gasteiger partial charge in [-0.1, -0.05) is 79.4 Å². The van der Waals surface area contributed by atoms with E-state index in [2.05, 4.69) is 17.2 Å². The zero-order valence-electron chi connectivity index (χ0n) is 15.5. The van der Waals surface area contributed by atoms with E-state index in [9.17, 15) is 9.59 Å². The molecule has 3 rings (SSSR count). The number of para-hydroxylation sites is 1. The van der Waals surface area contributed by atoms with Crippen molar-refractivity contribution in [3.8, 4) is 11.1 Å². The predicted molar refractivity (Wildman–Crippen MR) is 113 cm³/mol. The van der Waals surface area contributed by atoms with Gasteiger partial charge in [-0.05, 0) is 28.8 Å². The Kier molecular flexibility index (Phi) is 6.37. The Bertz CT molecular complexity index is 981. The third-order valence-corrected chi connectivity index (χ3v) is 4.39. The zero-order valence-corrected chi connectivity index (χ0v) is 15.5. The van der Waals surface area contributed by atoms with Crippen molar-refractivity contribution >= 4 is 17.5 Å². The molecular formula is C24H22N2O2. The van der Waals surface area contributed by atoms with Crippen molar-refractivity contribution in [1.29, 1.82) is 0 Å². The van der Waals surface area contributed by atoms with E-state index in [-0.39, 0.29) is 18.2 Å². The van der Waals surface area contributed by atoms with Gasteiger partial charge in [-0.25, -0.2) is 0 Å². The van der Waals surface area contributed by atoms with E-state index in [0.29, 0.717) is 6.54 Å². The highest BCUT2D eigenvalue weighted by Gasteiger charge is 2.11. The van der Waals surface area contributed by atoms with Crippen molar-refractivity contribution in [2.45, 2.75) is 13.0 Å². The highest BCUT2D eigenvalue weighted by Crippen LogP contribution is 2.27. The average molecular weight is 370 g/mol. The molecule has 2 amide bonds. The maximum absolute atomic E-state index is 12.7. The first kappa shape index (κ1) is 19.1. The van der Waals surface area contributed by atoms with Gasteiger partial charge in [0, 0.05) is 17.8 Å². The van der Waals surface area contributed by atoms with Gasteiger partial charge in [0.1, 0.15) is 0 Å². The lowest BCUT2D eigenvalue weighted by Gasteiger charge is -2.13. The number of anilines is 1. The van der Waals surface area contributed by atoms with Crippen LogP contribution in [0.25, 0.3) is 11.1 Å². The minimum absolute atomic E-state index is 0.106. The molecule has 0 aliphatic carbocycles. The fourth-order valence-electron chi connectivity index (χ4n) is 2.99. The van der Waals surface area contributed by atoms with E-state index in [4.69, 9.17) is 0 Å². The molecule has 0 bridgehead atoms. The summed E-state index contributed by atoms with van der Waals surface area (Å²) in [7, 11) is 0. The molecule has 3 aromatic carbocycles. The number of nitrogens with one attached hydrogen (secondary N) is 2. The predicted octanol–water partition coefficient (Wildman–Crippen LogP) is 4.34. The van der Waals surface area contributed by atoms with E-state index in [1.54, 1.807) is 0 Å². The lowest BCUT2D eigenvalue weighted by molar-refractivity contribution is -0.116. The lowest BCUT2D eigenvalue weighted by atomic mass is 10.0. The Morgan fingerprint density at radius 3 is 2.21 bits per heavy atom. The average Bonchev–Trinajstić information content (AvgIpc) is 2.74. The normalized spacial score (nSPS) is 10.1. The van der Waals surface area contributed by atoms with Gasteiger partial charge in [0.25, 0.3) is 0 Å². The molecule has 0 saturated heterocycles. The van der Waals surface area contributed by atoms with E-state index in [1.807, 2.05) is 78.9 Å². The lowest BCUT2D eigenvalue weighted by Crippen LogP contribution is -2.22. The Balaban J connectivity index is 1.74. The molecule has 0 spiro atoms. The second-order valence-electron chi connectivity index (χ2n) is 6.33. The van der Waals surface area contributed by atoms with Crippen molar-refractivity contribution in [2.75, 3.05) is 5.32 Å². The molecule has 28 heavy (non-hydrogen) atoms. The van der Waals surface area contributed by atoms with Crippen LogP contribution in [-0.2, 0) is 22.6 Å². The third kappa shape index (κ3) is 4.95. The third-order valence-electron chi connectivity index (χ3n) is 4.39. The first-order chi connectivity index (χ1) is 13.7. The standard InChI is InChI=1S/C24H22N2O2/c1-2-23(27)25-17-20-13-7-6-12-19(20)16-24(28)26-22-15-9-8-14-21(22)18-10-4-3-5-11-18/h2-15H,1,16-17H2,(H,25,27)(H,26,28). The van der Waals surface area contributed by atoms with Crippen LogP contribution in [0.1, 0.15) is 11.1 Å². The maximum atomic E-state index is 12.7. The van der Waals surface area contributed by atoms with Gasteiger partial charge >= 0.3 is 0 Å². The van der Waals surface area contributed by atoms with Crippen LogP contribution in [0.5, 0.6) is 0 Å². The summed E-state index contributed by atoms with van der Waals surface area (Å²) in [6.07, 6.45) is 1.46.